The molecule has 120 valence electrons. The fraction of sp³-hybridized carbons (Fsp3) is 0.294. The van der Waals surface area contributed by atoms with Crippen molar-refractivity contribution in [3.63, 3.8) is 0 Å². The Bertz CT molecular complexity index is 590. The summed E-state index contributed by atoms with van der Waals surface area (Å²) in [5.41, 5.74) is 2.28. The smallest absolute Gasteiger partial charge is 0.161 e. The van der Waals surface area contributed by atoms with Crippen LogP contribution in [-0.2, 0) is 13.1 Å². The number of nitrogens with one attached hydrogen (secondary N) is 1. The molecule has 0 heterocycles. The number of ether oxygens (including phenoxy) is 3. The number of para-hydroxylation sites is 1. The molecule has 0 spiro atoms. The molecular weight excluding hydrogens is 346 g/mol. The Morgan fingerprint density at radius 2 is 1.45 bits per heavy atom. The number of rotatable bonds is 7. The van der Waals surface area contributed by atoms with Crippen LogP contribution in [0, 0.1) is 0 Å². The zero-order chi connectivity index (χ0) is 15.1. The van der Waals surface area contributed by atoms with Crippen LogP contribution in [0.4, 0.5) is 0 Å². The minimum Gasteiger partial charge on any atom is -0.496 e. The van der Waals surface area contributed by atoms with Crippen LogP contribution < -0.4 is 19.5 Å². The highest BCUT2D eigenvalue weighted by Crippen LogP contribution is 2.27. The summed E-state index contributed by atoms with van der Waals surface area (Å²) in [6, 6.07) is 13.9. The van der Waals surface area contributed by atoms with Gasteiger partial charge in [0.25, 0.3) is 0 Å². The molecule has 2 rings (SSSR count). The molecule has 0 saturated carbocycles. The lowest BCUT2D eigenvalue weighted by atomic mass is 10.1. The van der Waals surface area contributed by atoms with E-state index in [1.165, 1.54) is 0 Å². The Balaban J connectivity index is 0.00000242. The first kappa shape index (κ1) is 18.3. The molecule has 0 fully saturated rings. The lowest BCUT2D eigenvalue weighted by Gasteiger charge is -2.11. The summed E-state index contributed by atoms with van der Waals surface area (Å²) in [5.74, 6) is 2.39. The maximum absolute atomic E-state index is 5.34. The predicted molar refractivity (Wildman–Crippen MR) is 93.4 cm³/mol. The summed E-state index contributed by atoms with van der Waals surface area (Å²) in [4.78, 5) is 0. The average Bonchev–Trinajstić information content (AvgIpc) is 2.55. The summed E-state index contributed by atoms with van der Waals surface area (Å²) >= 11 is 0. The number of halogens is 1. The van der Waals surface area contributed by atoms with Gasteiger partial charge in [-0.1, -0.05) is 24.3 Å². The van der Waals surface area contributed by atoms with E-state index in [2.05, 4.69) is 11.4 Å². The van der Waals surface area contributed by atoms with Gasteiger partial charge in [0, 0.05) is 18.7 Å². The zero-order valence-electron chi connectivity index (χ0n) is 13.1. The van der Waals surface area contributed by atoms with E-state index in [0.717, 1.165) is 41.5 Å². The molecule has 0 amide bonds. The third kappa shape index (κ3) is 4.64. The van der Waals surface area contributed by atoms with Crippen molar-refractivity contribution in [2.24, 2.45) is 0 Å². The van der Waals surface area contributed by atoms with Crippen LogP contribution in [0.25, 0.3) is 0 Å². The fourth-order valence-electron chi connectivity index (χ4n) is 2.18. The van der Waals surface area contributed by atoms with Crippen LogP contribution in [0.15, 0.2) is 42.5 Å². The van der Waals surface area contributed by atoms with Gasteiger partial charge in [0.15, 0.2) is 11.5 Å². The van der Waals surface area contributed by atoms with E-state index in [1.54, 1.807) is 21.3 Å². The molecule has 22 heavy (non-hydrogen) atoms. The van der Waals surface area contributed by atoms with E-state index in [9.17, 15) is 0 Å². The lowest BCUT2D eigenvalue weighted by molar-refractivity contribution is 0.354. The zero-order valence-corrected chi connectivity index (χ0v) is 14.8. The molecule has 0 unspecified atom stereocenters. The van der Waals surface area contributed by atoms with Crippen molar-refractivity contribution in [2.45, 2.75) is 13.1 Å². The molecule has 0 bridgehead atoms. The standard InChI is InChI=1S/C17H21NO3.BrH/c1-19-15-7-5-4-6-14(15)12-18-11-13-8-9-16(20-2)17(10-13)21-3;/h4-10,18H,11-12H2,1-3H3;1H. The maximum atomic E-state index is 5.34. The largest absolute Gasteiger partial charge is 0.496 e. The molecule has 0 radical (unpaired) electrons. The van der Waals surface area contributed by atoms with Crippen molar-refractivity contribution in [2.75, 3.05) is 21.3 Å². The van der Waals surface area contributed by atoms with Crippen molar-refractivity contribution < 1.29 is 14.2 Å². The van der Waals surface area contributed by atoms with Gasteiger partial charge in [0.2, 0.25) is 0 Å². The van der Waals surface area contributed by atoms with Gasteiger partial charge in [0.05, 0.1) is 21.3 Å². The minimum atomic E-state index is 0. The second-order valence-corrected chi connectivity index (χ2v) is 4.60. The van der Waals surface area contributed by atoms with Gasteiger partial charge in [-0.3, -0.25) is 0 Å². The summed E-state index contributed by atoms with van der Waals surface area (Å²) in [6.07, 6.45) is 0. The third-order valence-electron chi connectivity index (χ3n) is 3.29. The Morgan fingerprint density at radius 1 is 0.773 bits per heavy atom. The SMILES string of the molecule is Br.COc1ccccc1CNCc1ccc(OC)c(OC)c1. The summed E-state index contributed by atoms with van der Waals surface area (Å²) < 4.78 is 15.9. The van der Waals surface area contributed by atoms with Crippen molar-refractivity contribution in [1.29, 1.82) is 0 Å². The highest BCUT2D eigenvalue weighted by Gasteiger charge is 2.05. The summed E-state index contributed by atoms with van der Waals surface area (Å²) in [6.45, 7) is 1.50. The number of hydrogen-bond donors (Lipinski definition) is 1. The predicted octanol–water partition coefficient (Wildman–Crippen LogP) is 3.58. The van der Waals surface area contributed by atoms with E-state index < -0.39 is 0 Å². The normalized spacial score (nSPS) is 9.77. The van der Waals surface area contributed by atoms with Crippen LogP contribution in [0.2, 0.25) is 0 Å². The van der Waals surface area contributed by atoms with Gasteiger partial charge in [-0.05, 0) is 23.8 Å². The first-order chi connectivity index (χ1) is 10.3. The van der Waals surface area contributed by atoms with E-state index in [4.69, 9.17) is 14.2 Å². The highest BCUT2D eigenvalue weighted by atomic mass is 79.9. The lowest BCUT2D eigenvalue weighted by Crippen LogP contribution is -2.13. The number of methoxy groups -OCH3 is 3. The topological polar surface area (TPSA) is 39.7 Å². The third-order valence-corrected chi connectivity index (χ3v) is 3.29. The van der Waals surface area contributed by atoms with Crippen molar-refractivity contribution in [3.05, 3.63) is 53.6 Å². The second kappa shape index (κ2) is 9.33. The van der Waals surface area contributed by atoms with Crippen LogP contribution in [0.3, 0.4) is 0 Å². The Morgan fingerprint density at radius 3 is 2.14 bits per heavy atom. The van der Waals surface area contributed by atoms with Gasteiger partial charge >= 0.3 is 0 Å². The molecular formula is C17H22BrNO3. The van der Waals surface area contributed by atoms with E-state index in [1.807, 2.05) is 36.4 Å². The molecule has 5 heteroatoms. The van der Waals surface area contributed by atoms with E-state index in [0.29, 0.717) is 0 Å². The van der Waals surface area contributed by atoms with E-state index >= 15 is 0 Å². The second-order valence-electron chi connectivity index (χ2n) is 4.60. The molecule has 0 aliphatic carbocycles. The molecule has 0 atom stereocenters. The van der Waals surface area contributed by atoms with E-state index in [-0.39, 0.29) is 17.0 Å². The van der Waals surface area contributed by atoms with Crippen LogP contribution in [0.1, 0.15) is 11.1 Å². The first-order valence-corrected chi connectivity index (χ1v) is 6.82. The molecule has 1 N–H and O–H groups in total. The number of hydrogen-bond acceptors (Lipinski definition) is 4. The molecule has 2 aromatic rings. The van der Waals surface area contributed by atoms with Crippen LogP contribution in [-0.4, -0.2) is 21.3 Å². The quantitative estimate of drug-likeness (QED) is 0.811. The molecule has 2 aromatic carbocycles. The van der Waals surface area contributed by atoms with Crippen molar-refractivity contribution in [3.8, 4) is 17.2 Å². The minimum absolute atomic E-state index is 0. The highest BCUT2D eigenvalue weighted by molar-refractivity contribution is 8.93. The Labute approximate surface area is 142 Å². The molecule has 0 aliphatic rings. The molecule has 0 saturated heterocycles. The monoisotopic (exact) mass is 367 g/mol. The van der Waals surface area contributed by atoms with Gasteiger partial charge in [-0.2, -0.15) is 0 Å². The molecule has 0 aliphatic heterocycles. The average molecular weight is 368 g/mol. The summed E-state index contributed by atoms with van der Waals surface area (Å²) in [5, 5.41) is 3.41. The molecule has 0 aromatic heterocycles. The van der Waals surface area contributed by atoms with Gasteiger partial charge in [-0.25, -0.2) is 0 Å². The van der Waals surface area contributed by atoms with Gasteiger partial charge in [-0.15, -0.1) is 17.0 Å². The maximum Gasteiger partial charge on any atom is 0.161 e. The van der Waals surface area contributed by atoms with Crippen LogP contribution in [0.5, 0.6) is 17.2 Å². The van der Waals surface area contributed by atoms with Crippen LogP contribution >= 0.6 is 17.0 Å². The van der Waals surface area contributed by atoms with Gasteiger partial charge < -0.3 is 19.5 Å². The Kier molecular flexibility index (Phi) is 7.77. The Hall–Kier alpha value is -1.72. The fourth-order valence-corrected chi connectivity index (χ4v) is 2.18. The van der Waals surface area contributed by atoms with Crippen molar-refractivity contribution >= 4 is 17.0 Å². The first-order valence-electron chi connectivity index (χ1n) is 6.82. The summed E-state index contributed by atoms with van der Waals surface area (Å²) in [7, 11) is 4.97. The molecule has 4 nitrogen and oxygen atoms in total. The van der Waals surface area contributed by atoms with Gasteiger partial charge in [0.1, 0.15) is 5.75 Å². The van der Waals surface area contributed by atoms with Crippen molar-refractivity contribution in [1.82, 2.24) is 5.32 Å². The number of benzene rings is 2.